The van der Waals surface area contributed by atoms with Gasteiger partial charge in [-0.15, -0.1) is 0 Å². The number of rotatable bonds is 4. The molecule has 1 rings (SSSR count). The lowest BCUT2D eigenvalue weighted by molar-refractivity contribution is -0.112. The zero-order chi connectivity index (χ0) is 9.52. The van der Waals surface area contributed by atoms with E-state index in [0.29, 0.717) is 5.92 Å². The molecule has 72 valence electrons. The van der Waals surface area contributed by atoms with Gasteiger partial charge in [0.25, 0.3) is 0 Å². The van der Waals surface area contributed by atoms with Gasteiger partial charge in [0.15, 0.2) is 0 Å². The Morgan fingerprint density at radius 1 is 1.23 bits per heavy atom. The van der Waals surface area contributed by atoms with Crippen LogP contribution in [0.15, 0.2) is 6.08 Å². The Morgan fingerprint density at radius 2 is 1.92 bits per heavy atom. The molecule has 0 bridgehead atoms. The van der Waals surface area contributed by atoms with E-state index in [9.17, 15) is 9.59 Å². The Labute approximate surface area is 79.0 Å². The van der Waals surface area contributed by atoms with E-state index in [0.717, 1.165) is 50.7 Å². The lowest BCUT2D eigenvalue weighted by Crippen LogP contribution is -2.15. The minimum Gasteiger partial charge on any atom is -0.303 e. The number of hydrogen-bond acceptors (Lipinski definition) is 2. The van der Waals surface area contributed by atoms with Gasteiger partial charge < -0.3 is 4.79 Å². The van der Waals surface area contributed by atoms with Crippen LogP contribution < -0.4 is 0 Å². The van der Waals surface area contributed by atoms with Crippen molar-refractivity contribution in [2.75, 3.05) is 0 Å². The van der Waals surface area contributed by atoms with Crippen LogP contribution in [0.2, 0.25) is 0 Å². The number of hydrogen-bond donors (Lipinski definition) is 0. The Bertz CT molecular complexity index is 196. The summed E-state index contributed by atoms with van der Waals surface area (Å²) in [7, 11) is 0. The summed E-state index contributed by atoms with van der Waals surface area (Å²) in [5.41, 5.74) is 0. The smallest absolute Gasteiger partial charge is 0.123 e. The molecule has 0 heterocycles. The first-order chi connectivity index (χ1) is 6.36. The van der Waals surface area contributed by atoms with Gasteiger partial charge in [0, 0.05) is 5.92 Å². The molecule has 2 heteroatoms. The molecule has 1 saturated carbocycles. The largest absolute Gasteiger partial charge is 0.303 e. The van der Waals surface area contributed by atoms with E-state index < -0.39 is 0 Å². The summed E-state index contributed by atoms with van der Waals surface area (Å²) in [6.45, 7) is 0. The van der Waals surface area contributed by atoms with Crippen molar-refractivity contribution in [3.05, 3.63) is 6.08 Å². The number of aldehydes is 1. The average Bonchev–Trinajstić information content (AvgIpc) is 2.19. The van der Waals surface area contributed by atoms with Gasteiger partial charge in [-0.05, 0) is 50.5 Å². The molecule has 0 N–H and O–H groups in total. The van der Waals surface area contributed by atoms with Crippen molar-refractivity contribution < 1.29 is 9.59 Å². The van der Waals surface area contributed by atoms with Gasteiger partial charge in [0.05, 0.1) is 0 Å². The summed E-state index contributed by atoms with van der Waals surface area (Å²) >= 11 is 0. The quantitative estimate of drug-likeness (QED) is 0.490. The Kier molecular flexibility index (Phi) is 4.48. The standard InChI is InChI=1S/C11H16O2/c12-8-2-1-3-10-4-6-11(9-13)7-5-10/h2,9-11H,1,3-7H2. The molecule has 1 aliphatic rings. The highest BCUT2D eigenvalue weighted by atomic mass is 16.1. The summed E-state index contributed by atoms with van der Waals surface area (Å²) in [5.74, 6) is 2.82. The van der Waals surface area contributed by atoms with Crippen molar-refractivity contribution in [3.8, 4) is 0 Å². The van der Waals surface area contributed by atoms with Crippen LogP contribution in [-0.4, -0.2) is 12.2 Å². The molecule has 1 fully saturated rings. The fraction of sp³-hybridized carbons (Fsp3) is 0.727. The highest BCUT2D eigenvalue weighted by Gasteiger charge is 2.19. The van der Waals surface area contributed by atoms with Crippen LogP contribution in [0.4, 0.5) is 0 Å². The maximum atomic E-state index is 10.5. The van der Waals surface area contributed by atoms with Crippen LogP contribution in [0.3, 0.4) is 0 Å². The number of allylic oxidation sites excluding steroid dienone is 1. The second-order valence-corrected chi connectivity index (χ2v) is 3.82. The molecule has 0 aromatic rings. The normalized spacial score (nSPS) is 27.7. The van der Waals surface area contributed by atoms with Crippen molar-refractivity contribution in [2.45, 2.75) is 38.5 Å². The predicted molar refractivity (Wildman–Crippen MR) is 51.0 cm³/mol. The highest BCUT2D eigenvalue weighted by molar-refractivity contribution is 5.53. The fourth-order valence-corrected chi connectivity index (χ4v) is 1.99. The lowest BCUT2D eigenvalue weighted by Gasteiger charge is -2.24. The van der Waals surface area contributed by atoms with E-state index in [2.05, 4.69) is 0 Å². The summed E-state index contributed by atoms with van der Waals surface area (Å²) < 4.78 is 0. The molecule has 2 nitrogen and oxygen atoms in total. The Balaban J connectivity index is 2.17. The van der Waals surface area contributed by atoms with Crippen molar-refractivity contribution in [1.29, 1.82) is 0 Å². The number of carbonyl (C=O) groups excluding carboxylic acids is 2. The van der Waals surface area contributed by atoms with Crippen LogP contribution in [0.25, 0.3) is 0 Å². The Hall–Kier alpha value is -0.880. The second kappa shape index (κ2) is 5.71. The van der Waals surface area contributed by atoms with Gasteiger partial charge in [0.2, 0.25) is 0 Å². The zero-order valence-corrected chi connectivity index (χ0v) is 7.87. The van der Waals surface area contributed by atoms with Gasteiger partial charge in [0.1, 0.15) is 12.2 Å². The third kappa shape index (κ3) is 3.56. The van der Waals surface area contributed by atoms with Gasteiger partial charge in [-0.25, -0.2) is 4.79 Å². The Morgan fingerprint density at radius 3 is 2.46 bits per heavy atom. The van der Waals surface area contributed by atoms with Crippen molar-refractivity contribution in [2.24, 2.45) is 11.8 Å². The lowest BCUT2D eigenvalue weighted by atomic mass is 9.81. The van der Waals surface area contributed by atoms with Gasteiger partial charge in [-0.1, -0.05) is 0 Å². The van der Waals surface area contributed by atoms with Crippen LogP contribution >= 0.6 is 0 Å². The van der Waals surface area contributed by atoms with E-state index in [-0.39, 0.29) is 0 Å². The fourth-order valence-electron chi connectivity index (χ4n) is 1.99. The third-order valence-corrected chi connectivity index (χ3v) is 2.89. The van der Waals surface area contributed by atoms with E-state index >= 15 is 0 Å². The maximum Gasteiger partial charge on any atom is 0.123 e. The molecule has 0 saturated heterocycles. The maximum absolute atomic E-state index is 10.5. The minimum absolute atomic E-state index is 0.304. The van der Waals surface area contributed by atoms with E-state index in [1.54, 1.807) is 12.0 Å². The molecule has 0 atom stereocenters. The van der Waals surface area contributed by atoms with E-state index in [4.69, 9.17) is 0 Å². The molecule has 0 spiro atoms. The first kappa shape index (κ1) is 10.2. The van der Waals surface area contributed by atoms with Crippen LogP contribution in [-0.2, 0) is 9.59 Å². The van der Waals surface area contributed by atoms with Gasteiger partial charge in [-0.2, -0.15) is 0 Å². The van der Waals surface area contributed by atoms with Crippen molar-refractivity contribution in [3.63, 3.8) is 0 Å². The van der Waals surface area contributed by atoms with E-state index in [1.807, 2.05) is 0 Å². The molecule has 0 aromatic heterocycles. The highest BCUT2D eigenvalue weighted by Crippen LogP contribution is 2.30. The van der Waals surface area contributed by atoms with Gasteiger partial charge in [-0.3, -0.25) is 0 Å². The summed E-state index contributed by atoms with van der Waals surface area (Å²) in [5, 5.41) is 0. The second-order valence-electron chi connectivity index (χ2n) is 3.82. The summed E-state index contributed by atoms with van der Waals surface area (Å²) in [6, 6.07) is 0. The summed E-state index contributed by atoms with van der Waals surface area (Å²) in [4.78, 5) is 20.4. The SMILES string of the molecule is O=C=CCCC1CCC(C=O)CC1. The topological polar surface area (TPSA) is 34.1 Å². The molecule has 1 aliphatic carbocycles. The van der Waals surface area contributed by atoms with E-state index in [1.165, 1.54) is 0 Å². The average molecular weight is 180 g/mol. The molecule has 0 aromatic carbocycles. The third-order valence-electron chi connectivity index (χ3n) is 2.89. The molecule has 0 aliphatic heterocycles. The molecule has 0 unspecified atom stereocenters. The molecule has 0 radical (unpaired) electrons. The van der Waals surface area contributed by atoms with Crippen LogP contribution in [0.5, 0.6) is 0 Å². The minimum atomic E-state index is 0.304. The molecule has 0 amide bonds. The van der Waals surface area contributed by atoms with Crippen molar-refractivity contribution in [1.82, 2.24) is 0 Å². The monoisotopic (exact) mass is 180 g/mol. The van der Waals surface area contributed by atoms with Gasteiger partial charge >= 0.3 is 0 Å². The number of carbonyl (C=O) groups is 1. The molecular weight excluding hydrogens is 164 g/mol. The molecular formula is C11H16O2. The zero-order valence-electron chi connectivity index (χ0n) is 7.87. The van der Waals surface area contributed by atoms with Crippen LogP contribution in [0.1, 0.15) is 38.5 Å². The summed E-state index contributed by atoms with van der Waals surface area (Å²) in [6.07, 6.45) is 8.96. The first-order valence-corrected chi connectivity index (χ1v) is 5.01. The molecule has 13 heavy (non-hydrogen) atoms. The predicted octanol–water partition coefficient (Wildman–Crippen LogP) is 2.16. The van der Waals surface area contributed by atoms with Crippen LogP contribution in [0, 0.1) is 11.8 Å². The van der Waals surface area contributed by atoms with Crippen molar-refractivity contribution >= 4 is 12.2 Å². The first-order valence-electron chi connectivity index (χ1n) is 5.01.